The Balaban J connectivity index is 1.70. The summed E-state index contributed by atoms with van der Waals surface area (Å²) in [5.41, 5.74) is 2.78. The molecule has 0 saturated carbocycles. The van der Waals surface area contributed by atoms with E-state index in [4.69, 9.17) is 5.11 Å². The van der Waals surface area contributed by atoms with Crippen LogP contribution in [0.25, 0.3) is 0 Å². The number of carboxylic acids is 1. The Morgan fingerprint density at radius 3 is 1.93 bits per heavy atom. The van der Waals surface area contributed by atoms with Crippen LogP contribution in [0.1, 0.15) is 36.6 Å². The van der Waals surface area contributed by atoms with Gasteiger partial charge in [0.25, 0.3) is 11.8 Å². The topological polar surface area (TPSA) is 95.5 Å². The average Bonchev–Trinajstić information content (AvgIpc) is 2.70. The zero-order valence-electron chi connectivity index (χ0n) is 15.1. The average molecular weight is 374 g/mol. The van der Waals surface area contributed by atoms with Crippen LogP contribution in [-0.4, -0.2) is 22.9 Å². The molecular formula is C22H18N2O4. The van der Waals surface area contributed by atoms with E-state index in [0.29, 0.717) is 22.5 Å². The van der Waals surface area contributed by atoms with Gasteiger partial charge in [0, 0.05) is 22.5 Å². The van der Waals surface area contributed by atoms with Crippen LogP contribution in [-0.2, 0) is 0 Å². The van der Waals surface area contributed by atoms with Crippen molar-refractivity contribution in [2.45, 2.75) is 6.92 Å². The monoisotopic (exact) mass is 374 g/mol. The summed E-state index contributed by atoms with van der Waals surface area (Å²) < 4.78 is 0. The molecule has 6 heteroatoms. The summed E-state index contributed by atoms with van der Waals surface area (Å²) in [5, 5.41) is 14.6. The normalized spacial score (nSPS) is 10.2. The number of aryl methyl sites for hydroxylation is 1. The van der Waals surface area contributed by atoms with Crippen LogP contribution in [0.4, 0.5) is 11.4 Å². The number of carboxylic acid groups (broad SMARTS) is 1. The number of rotatable bonds is 5. The third kappa shape index (κ3) is 4.42. The van der Waals surface area contributed by atoms with Crippen LogP contribution in [0.15, 0.2) is 72.8 Å². The van der Waals surface area contributed by atoms with Gasteiger partial charge in [-0.15, -0.1) is 0 Å². The molecule has 0 saturated heterocycles. The van der Waals surface area contributed by atoms with Crippen molar-refractivity contribution in [1.82, 2.24) is 0 Å². The molecule has 0 fully saturated rings. The first-order chi connectivity index (χ1) is 13.4. The number of anilines is 2. The second-order valence-corrected chi connectivity index (χ2v) is 6.19. The molecule has 2 amide bonds. The standard InChI is InChI=1S/C22H18N2O4/c1-14-7-8-17(22(27)28)13-19(14)24-21(26)16-9-11-18(12-10-16)23-20(25)15-5-3-2-4-6-15/h2-13H,1H3,(H,23,25)(H,24,26)(H,27,28). The van der Waals surface area contributed by atoms with Gasteiger partial charge in [-0.05, 0) is 61.0 Å². The number of nitrogens with one attached hydrogen (secondary N) is 2. The van der Waals surface area contributed by atoms with Crippen LogP contribution in [0.2, 0.25) is 0 Å². The van der Waals surface area contributed by atoms with Gasteiger partial charge in [-0.2, -0.15) is 0 Å². The van der Waals surface area contributed by atoms with Gasteiger partial charge in [-0.25, -0.2) is 4.79 Å². The molecule has 3 aromatic carbocycles. The minimum absolute atomic E-state index is 0.0971. The third-order valence-corrected chi connectivity index (χ3v) is 4.17. The highest BCUT2D eigenvalue weighted by Gasteiger charge is 2.11. The van der Waals surface area contributed by atoms with E-state index in [2.05, 4.69) is 10.6 Å². The first-order valence-electron chi connectivity index (χ1n) is 8.56. The first kappa shape index (κ1) is 18.8. The molecule has 0 aromatic heterocycles. The van der Waals surface area contributed by atoms with Gasteiger partial charge in [0.05, 0.1) is 5.56 Å². The molecule has 0 aliphatic carbocycles. The largest absolute Gasteiger partial charge is 0.478 e. The Kier molecular flexibility index (Phi) is 5.50. The Hall–Kier alpha value is -3.93. The van der Waals surface area contributed by atoms with Gasteiger partial charge in [-0.1, -0.05) is 24.3 Å². The van der Waals surface area contributed by atoms with Crippen LogP contribution < -0.4 is 10.6 Å². The van der Waals surface area contributed by atoms with Crippen LogP contribution in [0.3, 0.4) is 0 Å². The van der Waals surface area contributed by atoms with Crippen molar-refractivity contribution in [2.24, 2.45) is 0 Å². The lowest BCUT2D eigenvalue weighted by Gasteiger charge is -2.10. The molecule has 3 rings (SSSR count). The number of aromatic carboxylic acids is 1. The Labute approximate surface area is 161 Å². The van der Waals surface area contributed by atoms with E-state index in [9.17, 15) is 14.4 Å². The molecule has 0 atom stereocenters. The molecule has 3 N–H and O–H groups in total. The maximum atomic E-state index is 12.5. The fourth-order valence-corrected chi connectivity index (χ4v) is 2.58. The smallest absolute Gasteiger partial charge is 0.335 e. The second-order valence-electron chi connectivity index (χ2n) is 6.19. The van der Waals surface area contributed by atoms with Gasteiger partial charge in [-0.3, -0.25) is 9.59 Å². The minimum atomic E-state index is -1.06. The molecule has 0 unspecified atom stereocenters. The van der Waals surface area contributed by atoms with Crippen LogP contribution >= 0.6 is 0 Å². The molecule has 0 heterocycles. The van der Waals surface area contributed by atoms with E-state index in [-0.39, 0.29) is 17.4 Å². The Bertz CT molecular complexity index is 1030. The Morgan fingerprint density at radius 1 is 0.714 bits per heavy atom. The summed E-state index contributed by atoms with van der Waals surface area (Å²) in [6.45, 7) is 1.78. The SMILES string of the molecule is Cc1ccc(C(=O)O)cc1NC(=O)c1ccc(NC(=O)c2ccccc2)cc1. The first-order valence-corrected chi connectivity index (χ1v) is 8.56. The van der Waals surface area contributed by atoms with Crippen molar-refractivity contribution in [3.63, 3.8) is 0 Å². The predicted octanol–water partition coefficient (Wildman–Crippen LogP) is 4.20. The van der Waals surface area contributed by atoms with E-state index in [0.717, 1.165) is 5.56 Å². The van der Waals surface area contributed by atoms with E-state index in [1.807, 2.05) is 6.07 Å². The van der Waals surface area contributed by atoms with Crippen LogP contribution in [0.5, 0.6) is 0 Å². The molecule has 0 spiro atoms. The number of hydrogen-bond acceptors (Lipinski definition) is 3. The summed E-state index contributed by atoms with van der Waals surface area (Å²) in [4.78, 5) is 35.7. The molecule has 0 aliphatic heterocycles. The number of hydrogen-bond donors (Lipinski definition) is 3. The molecule has 28 heavy (non-hydrogen) atoms. The zero-order chi connectivity index (χ0) is 20.1. The maximum Gasteiger partial charge on any atom is 0.335 e. The maximum absolute atomic E-state index is 12.5. The highest BCUT2D eigenvalue weighted by molar-refractivity contribution is 6.06. The minimum Gasteiger partial charge on any atom is -0.478 e. The quantitative estimate of drug-likeness (QED) is 0.624. The fraction of sp³-hybridized carbons (Fsp3) is 0.0455. The van der Waals surface area contributed by atoms with Crippen molar-refractivity contribution >= 4 is 29.2 Å². The van der Waals surface area contributed by atoms with E-state index >= 15 is 0 Å². The van der Waals surface area contributed by atoms with Gasteiger partial charge < -0.3 is 15.7 Å². The van der Waals surface area contributed by atoms with Gasteiger partial charge >= 0.3 is 5.97 Å². The summed E-state index contributed by atoms with van der Waals surface area (Å²) in [5.74, 6) is -1.67. The number of amides is 2. The molecule has 0 bridgehead atoms. The van der Waals surface area contributed by atoms with E-state index < -0.39 is 5.97 Å². The van der Waals surface area contributed by atoms with E-state index in [1.54, 1.807) is 61.5 Å². The molecule has 140 valence electrons. The molecular weight excluding hydrogens is 356 g/mol. The lowest BCUT2D eigenvalue weighted by Crippen LogP contribution is -2.14. The molecule has 0 radical (unpaired) electrons. The third-order valence-electron chi connectivity index (χ3n) is 4.17. The zero-order valence-corrected chi connectivity index (χ0v) is 15.1. The highest BCUT2D eigenvalue weighted by atomic mass is 16.4. The van der Waals surface area contributed by atoms with Gasteiger partial charge in [0.1, 0.15) is 0 Å². The lowest BCUT2D eigenvalue weighted by atomic mass is 10.1. The van der Waals surface area contributed by atoms with Crippen molar-refractivity contribution in [1.29, 1.82) is 0 Å². The molecule has 0 aliphatic rings. The summed E-state index contributed by atoms with van der Waals surface area (Å²) >= 11 is 0. The van der Waals surface area contributed by atoms with Crippen molar-refractivity contribution in [3.05, 3.63) is 95.1 Å². The summed E-state index contributed by atoms with van der Waals surface area (Å²) in [7, 11) is 0. The number of benzene rings is 3. The van der Waals surface area contributed by atoms with Crippen molar-refractivity contribution < 1.29 is 19.5 Å². The lowest BCUT2D eigenvalue weighted by molar-refractivity contribution is 0.0696. The Morgan fingerprint density at radius 2 is 1.29 bits per heavy atom. The van der Waals surface area contributed by atoms with Crippen LogP contribution in [0, 0.1) is 6.92 Å². The predicted molar refractivity (Wildman–Crippen MR) is 107 cm³/mol. The highest BCUT2D eigenvalue weighted by Crippen LogP contribution is 2.19. The molecule has 3 aromatic rings. The number of carbonyl (C=O) groups excluding carboxylic acids is 2. The fourth-order valence-electron chi connectivity index (χ4n) is 2.58. The number of carbonyl (C=O) groups is 3. The van der Waals surface area contributed by atoms with Gasteiger partial charge in [0.15, 0.2) is 0 Å². The second kappa shape index (κ2) is 8.18. The summed E-state index contributed by atoms with van der Waals surface area (Å²) in [6, 6.07) is 19.8. The van der Waals surface area contributed by atoms with Crippen molar-refractivity contribution in [3.8, 4) is 0 Å². The van der Waals surface area contributed by atoms with Gasteiger partial charge in [0.2, 0.25) is 0 Å². The van der Waals surface area contributed by atoms with Crippen molar-refractivity contribution in [2.75, 3.05) is 10.6 Å². The summed E-state index contributed by atoms with van der Waals surface area (Å²) in [6.07, 6.45) is 0. The van der Waals surface area contributed by atoms with E-state index in [1.165, 1.54) is 12.1 Å². The molecule has 6 nitrogen and oxygen atoms in total.